The first kappa shape index (κ1) is 39.6. The lowest BCUT2D eigenvalue weighted by atomic mass is 10.0. The summed E-state index contributed by atoms with van der Waals surface area (Å²) in [5, 5.41) is 11.6. The third-order valence-corrected chi connectivity index (χ3v) is 8.82. The molecule has 2 atom stereocenters. The number of hydrogen-bond acceptors (Lipinski definition) is 10. The summed E-state index contributed by atoms with van der Waals surface area (Å²) in [7, 11) is 1.57. The van der Waals surface area contributed by atoms with Crippen molar-refractivity contribution in [1.82, 2.24) is 9.80 Å². The van der Waals surface area contributed by atoms with Crippen LogP contribution in [0.4, 0.5) is 10.5 Å². The van der Waals surface area contributed by atoms with Crippen molar-refractivity contribution >= 4 is 46.6 Å². The highest BCUT2D eigenvalue weighted by molar-refractivity contribution is 6.13. The monoisotopic (exact) mass is 717 g/mol. The Hall–Kier alpha value is -5.14. The number of fused-ring (bicyclic) bond motifs is 2. The summed E-state index contributed by atoms with van der Waals surface area (Å²) in [6.07, 6.45) is 3.74. The average molecular weight is 718 g/mol. The largest absolute Gasteiger partial charge is 0.497 e. The number of imide groups is 1. The number of hydrogen-bond donors (Lipinski definition) is 1. The van der Waals surface area contributed by atoms with Gasteiger partial charge in [-0.2, -0.15) is 0 Å². The first-order valence-electron chi connectivity index (χ1n) is 17.5. The van der Waals surface area contributed by atoms with Gasteiger partial charge in [0, 0.05) is 50.8 Å². The summed E-state index contributed by atoms with van der Waals surface area (Å²) >= 11 is 0. The third-order valence-electron chi connectivity index (χ3n) is 8.82. The Balaban J connectivity index is 0.00000195. The Morgan fingerprint density at radius 3 is 2.19 bits per heavy atom. The van der Waals surface area contributed by atoms with E-state index < -0.39 is 42.6 Å². The molecule has 52 heavy (non-hydrogen) atoms. The molecule has 0 aromatic heterocycles. The van der Waals surface area contributed by atoms with E-state index in [0.29, 0.717) is 12.2 Å². The lowest BCUT2D eigenvalue weighted by Gasteiger charge is -2.31. The maximum Gasteiger partial charge on any atom is 0.416 e. The molecule has 278 valence electrons. The summed E-state index contributed by atoms with van der Waals surface area (Å²) in [6, 6.07) is 9.87. The first-order chi connectivity index (χ1) is 24.9. The second-order valence-electron chi connectivity index (χ2n) is 12.8. The number of ketones is 2. The van der Waals surface area contributed by atoms with Gasteiger partial charge in [-0.15, -0.1) is 0 Å². The molecule has 4 amide bonds. The normalized spacial score (nSPS) is 17.6. The minimum Gasteiger partial charge on any atom is -0.497 e. The number of aliphatic hydroxyl groups is 1. The highest BCUT2D eigenvalue weighted by Crippen LogP contribution is 2.40. The number of aliphatic hydroxyl groups excluding tert-OH is 1. The van der Waals surface area contributed by atoms with Crippen LogP contribution >= 0.6 is 0 Å². The van der Waals surface area contributed by atoms with Gasteiger partial charge in [0.1, 0.15) is 11.5 Å². The van der Waals surface area contributed by atoms with Crippen LogP contribution in [0, 0.1) is 13.8 Å². The number of Topliss-reactive ketones (excluding diaryl/α,β-unsaturated/α-hetero) is 2. The molecule has 13 heteroatoms. The molecule has 3 heterocycles. The number of methoxy groups -OCH3 is 1. The maximum absolute atomic E-state index is 13.8. The van der Waals surface area contributed by atoms with Gasteiger partial charge >= 0.3 is 6.09 Å². The van der Waals surface area contributed by atoms with Gasteiger partial charge in [0.15, 0.2) is 18.6 Å². The molecule has 0 unspecified atom stereocenters. The molecular formula is C39H47N3O10. The van der Waals surface area contributed by atoms with Crippen LogP contribution in [0.25, 0.3) is 5.57 Å². The van der Waals surface area contributed by atoms with Crippen LogP contribution in [-0.4, -0.2) is 96.0 Å². The Morgan fingerprint density at radius 2 is 1.54 bits per heavy atom. The van der Waals surface area contributed by atoms with Crippen LogP contribution in [-0.2, 0) is 28.7 Å². The van der Waals surface area contributed by atoms with Gasteiger partial charge < -0.3 is 24.2 Å². The second kappa shape index (κ2) is 18.4. The van der Waals surface area contributed by atoms with Gasteiger partial charge in [0.2, 0.25) is 0 Å². The van der Waals surface area contributed by atoms with Crippen molar-refractivity contribution in [2.24, 2.45) is 0 Å². The maximum atomic E-state index is 13.8. The fourth-order valence-electron chi connectivity index (χ4n) is 5.88. The number of aryl methyl sites for hydroxylation is 2. The SMILES string of the molecule is CCC.COc1ccc(C2=CN3C(=O)c4cc(C)c(C)cc4N(C(=O)OCC(=O)CCOCCCC(=O)CCN4C(=O)C=CC4=O)[C@@H](O)[C@@H]3C2)cc1. The Labute approximate surface area is 303 Å². The fraction of sp³-hybridized carbons (Fsp3) is 0.436. The lowest BCUT2D eigenvalue weighted by molar-refractivity contribution is -0.137. The van der Waals surface area contributed by atoms with Crippen molar-refractivity contribution in [2.45, 2.75) is 78.5 Å². The predicted octanol–water partition coefficient (Wildman–Crippen LogP) is 4.90. The number of anilines is 1. The molecular weight excluding hydrogens is 670 g/mol. The zero-order valence-corrected chi connectivity index (χ0v) is 30.4. The van der Waals surface area contributed by atoms with Gasteiger partial charge in [0.05, 0.1) is 31.0 Å². The zero-order valence-electron chi connectivity index (χ0n) is 30.4. The molecule has 3 aliphatic heterocycles. The quantitative estimate of drug-likeness (QED) is 0.210. The predicted molar refractivity (Wildman–Crippen MR) is 192 cm³/mol. The molecule has 0 bridgehead atoms. The van der Waals surface area contributed by atoms with Crippen LogP contribution < -0.4 is 9.64 Å². The minimum absolute atomic E-state index is 0.0354. The number of carbonyl (C=O) groups excluding carboxylic acids is 6. The summed E-state index contributed by atoms with van der Waals surface area (Å²) in [6.45, 7) is 7.67. The number of nitrogens with zero attached hydrogens (tertiary/aromatic N) is 3. The van der Waals surface area contributed by atoms with E-state index in [0.717, 1.165) is 32.1 Å². The van der Waals surface area contributed by atoms with Crippen molar-refractivity contribution in [3.05, 3.63) is 77.0 Å². The molecule has 1 N–H and O–H groups in total. The number of amides is 4. The Bertz CT molecular complexity index is 1710. The van der Waals surface area contributed by atoms with Gasteiger partial charge in [0.25, 0.3) is 17.7 Å². The van der Waals surface area contributed by atoms with Crippen LogP contribution in [0.15, 0.2) is 54.8 Å². The molecule has 2 aromatic rings. The van der Waals surface area contributed by atoms with E-state index in [9.17, 15) is 33.9 Å². The Morgan fingerprint density at radius 1 is 0.885 bits per heavy atom. The van der Waals surface area contributed by atoms with E-state index in [2.05, 4.69) is 13.8 Å². The van der Waals surface area contributed by atoms with Gasteiger partial charge in [-0.3, -0.25) is 28.9 Å². The lowest BCUT2D eigenvalue weighted by Crippen LogP contribution is -2.50. The van der Waals surface area contributed by atoms with Crippen molar-refractivity contribution < 1.29 is 48.1 Å². The van der Waals surface area contributed by atoms with E-state index in [1.165, 1.54) is 23.5 Å². The van der Waals surface area contributed by atoms with Crippen molar-refractivity contribution in [3.8, 4) is 5.75 Å². The molecule has 5 rings (SSSR count). The van der Waals surface area contributed by atoms with Crippen LogP contribution in [0.2, 0.25) is 0 Å². The van der Waals surface area contributed by atoms with E-state index in [1.54, 1.807) is 37.6 Å². The van der Waals surface area contributed by atoms with E-state index in [-0.39, 0.29) is 68.4 Å². The molecule has 2 aromatic carbocycles. The minimum atomic E-state index is -1.47. The van der Waals surface area contributed by atoms with Gasteiger partial charge in [-0.25, -0.2) is 9.69 Å². The zero-order chi connectivity index (χ0) is 37.9. The first-order valence-corrected chi connectivity index (χ1v) is 17.5. The van der Waals surface area contributed by atoms with Crippen molar-refractivity contribution in [1.29, 1.82) is 0 Å². The molecule has 3 aliphatic rings. The van der Waals surface area contributed by atoms with Gasteiger partial charge in [-0.1, -0.05) is 32.4 Å². The summed E-state index contributed by atoms with van der Waals surface area (Å²) in [5.74, 6) is -1.08. The number of carbonyl (C=O) groups is 6. The third kappa shape index (κ3) is 9.59. The Kier molecular flexibility index (Phi) is 14.0. The van der Waals surface area contributed by atoms with E-state index in [4.69, 9.17) is 14.2 Å². The molecule has 13 nitrogen and oxygen atoms in total. The molecule has 0 saturated carbocycles. The summed E-state index contributed by atoms with van der Waals surface area (Å²) in [4.78, 5) is 78.7. The molecule has 0 fully saturated rings. The standard InChI is InChI=1S/C36H39N3O10.C3H8/c1-22-17-29-30(18-23(22)2)39(35(45)31-19-25(20-38(31)34(29)44)24-6-8-28(47-3)9-7-24)36(46)49-21-27(41)13-16-48-15-4-5-26(40)12-14-37-32(42)10-11-33(37)43;1-3-2/h6-11,17-18,20,31,35,45H,4-5,12-16,19,21H2,1-3H3;3H2,1-2H3/t31-,35-;/m0./s1. The highest BCUT2D eigenvalue weighted by atomic mass is 16.6. The van der Waals surface area contributed by atoms with Crippen molar-refractivity contribution in [2.75, 3.05) is 38.4 Å². The van der Waals surface area contributed by atoms with Crippen LogP contribution in [0.3, 0.4) is 0 Å². The molecule has 0 spiro atoms. The van der Waals surface area contributed by atoms with E-state index >= 15 is 0 Å². The van der Waals surface area contributed by atoms with Gasteiger partial charge in [-0.05, 0) is 73.2 Å². The van der Waals surface area contributed by atoms with Crippen LogP contribution in [0.1, 0.15) is 79.4 Å². The molecule has 0 saturated heterocycles. The number of benzene rings is 2. The summed E-state index contributed by atoms with van der Waals surface area (Å²) in [5.41, 5.74) is 3.69. The smallest absolute Gasteiger partial charge is 0.416 e. The van der Waals surface area contributed by atoms with Crippen molar-refractivity contribution in [3.63, 3.8) is 0 Å². The van der Waals surface area contributed by atoms with E-state index in [1.807, 2.05) is 26.0 Å². The summed E-state index contributed by atoms with van der Waals surface area (Å²) < 4.78 is 16.1. The number of rotatable bonds is 14. The highest BCUT2D eigenvalue weighted by Gasteiger charge is 2.45. The number of ether oxygens (including phenoxy) is 3. The fourth-order valence-corrected chi connectivity index (χ4v) is 5.88. The molecule has 0 radical (unpaired) electrons. The topological polar surface area (TPSA) is 160 Å². The average Bonchev–Trinajstić information content (AvgIpc) is 3.70. The second-order valence-corrected chi connectivity index (χ2v) is 12.8. The molecule has 0 aliphatic carbocycles. The van der Waals surface area contributed by atoms with Crippen LogP contribution in [0.5, 0.6) is 5.75 Å².